The summed E-state index contributed by atoms with van der Waals surface area (Å²) in [6.45, 7) is 4.88. The number of fused-ring (bicyclic) bond motifs is 1. The van der Waals surface area contributed by atoms with Crippen LogP contribution in [0, 0.1) is 5.92 Å². The van der Waals surface area contributed by atoms with Gasteiger partial charge in [-0.3, -0.25) is 9.78 Å². The van der Waals surface area contributed by atoms with Crippen LogP contribution in [-0.2, 0) is 9.53 Å². The number of unbranched alkanes of at least 4 members (excludes halogenated alkanes) is 5. The molecule has 0 aliphatic carbocycles. The lowest BCUT2D eigenvalue weighted by Crippen LogP contribution is -2.12. The Bertz CT molecular complexity index is 1060. The largest absolute Gasteiger partial charge is 0.494 e. The third-order valence-corrected chi connectivity index (χ3v) is 5.23. The van der Waals surface area contributed by atoms with Gasteiger partial charge in [0.1, 0.15) is 5.75 Å². The second kappa shape index (κ2) is 12.0. The van der Waals surface area contributed by atoms with Gasteiger partial charge in [-0.1, -0.05) is 51.7 Å². The highest BCUT2D eigenvalue weighted by molar-refractivity contribution is 5.80. The summed E-state index contributed by atoms with van der Waals surface area (Å²) < 4.78 is 16.4. The summed E-state index contributed by atoms with van der Waals surface area (Å²) in [5.74, 6) is 0.617. The van der Waals surface area contributed by atoms with Gasteiger partial charge in [0.25, 0.3) is 0 Å². The first kappa shape index (κ1) is 23.5. The van der Waals surface area contributed by atoms with Crippen molar-refractivity contribution < 1.29 is 18.7 Å². The van der Waals surface area contributed by atoms with Gasteiger partial charge in [-0.15, -0.1) is 0 Å². The van der Waals surface area contributed by atoms with Crippen molar-refractivity contribution in [1.29, 1.82) is 0 Å². The zero-order valence-electron chi connectivity index (χ0n) is 18.8. The number of hydrogen-bond donors (Lipinski definition) is 0. The summed E-state index contributed by atoms with van der Waals surface area (Å²) in [5.41, 5.74) is 1.42. The Morgan fingerprint density at radius 3 is 2.38 bits per heavy atom. The minimum absolute atomic E-state index is 0.0534. The van der Waals surface area contributed by atoms with Gasteiger partial charge in [-0.2, -0.15) is 0 Å². The molecule has 0 saturated carbocycles. The Kier molecular flexibility index (Phi) is 8.84. The van der Waals surface area contributed by atoms with Gasteiger partial charge >= 0.3 is 11.6 Å². The Hall–Kier alpha value is -3.15. The number of rotatable bonds is 12. The van der Waals surface area contributed by atoms with Crippen LogP contribution in [0.25, 0.3) is 22.1 Å². The highest BCUT2D eigenvalue weighted by Gasteiger charge is 2.09. The Morgan fingerprint density at radius 2 is 1.66 bits per heavy atom. The normalized spacial score (nSPS) is 11.1. The van der Waals surface area contributed by atoms with Crippen LogP contribution in [0.3, 0.4) is 0 Å². The summed E-state index contributed by atoms with van der Waals surface area (Å²) in [6.07, 6.45) is 9.60. The van der Waals surface area contributed by atoms with Crippen molar-refractivity contribution in [1.82, 2.24) is 4.98 Å². The minimum Gasteiger partial charge on any atom is -0.494 e. The van der Waals surface area contributed by atoms with Crippen molar-refractivity contribution in [3.05, 3.63) is 59.2 Å². The molecule has 0 amide bonds. The number of hydrogen-bond acceptors (Lipinski definition) is 6. The van der Waals surface area contributed by atoms with Crippen LogP contribution < -0.4 is 10.4 Å². The number of nitrogens with zero attached hydrogens (tertiary/aromatic N) is 1. The molecule has 0 N–H and O–H groups in total. The fourth-order valence-electron chi connectivity index (χ4n) is 3.34. The lowest BCUT2D eigenvalue weighted by atomic mass is 10.1. The lowest BCUT2D eigenvalue weighted by Gasteiger charge is -2.08. The van der Waals surface area contributed by atoms with Gasteiger partial charge in [0, 0.05) is 11.6 Å². The molecule has 3 rings (SSSR count). The molecule has 0 aliphatic rings. The van der Waals surface area contributed by atoms with E-state index >= 15 is 0 Å². The van der Waals surface area contributed by atoms with Crippen LogP contribution in [-0.4, -0.2) is 24.2 Å². The molecule has 3 aromatic rings. The maximum atomic E-state index is 12.3. The van der Waals surface area contributed by atoms with Crippen LogP contribution in [0.15, 0.2) is 58.0 Å². The van der Waals surface area contributed by atoms with E-state index in [2.05, 4.69) is 4.98 Å². The number of benzene rings is 1. The second-order valence-corrected chi connectivity index (χ2v) is 8.18. The molecule has 0 radical (unpaired) electrons. The molecule has 1 aromatic carbocycles. The van der Waals surface area contributed by atoms with Crippen LogP contribution in [0.1, 0.15) is 52.4 Å². The molecule has 0 spiro atoms. The number of esters is 1. The first-order valence-electron chi connectivity index (χ1n) is 11.3. The maximum absolute atomic E-state index is 12.3. The van der Waals surface area contributed by atoms with E-state index in [4.69, 9.17) is 13.9 Å². The Morgan fingerprint density at radius 1 is 0.969 bits per heavy atom. The number of pyridine rings is 1. The smallest absolute Gasteiger partial charge is 0.344 e. The predicted octanol–water partition coefficient (Wildman–Crippen LogP) is 5.77. The highest BCUT2D eigenvalue weighted by Crippen LogP contribution is 2.23. The second-order valence-electron chi connectivity index (χ2n) is 8.18. The van der Waals surface area contributed by atoms with E-state index in [1.807, 2.05) is 50.2 Å². The van der Waals surface area contributed by atoms with Crippen LogP contribution in [0.5, 0.6) is 5.75 Å². The van der Waals surface area contributed by atoms with E-state index in [-0.39, 0.29) is 17.5 Å². The molecule has 0 saturated heterocycles. The van der Waals surface area contributed by atoms with Crippen LogP contribution in [0.2, 0.25) is 0 Å². The average Bonchev–Trinajstić information content (AvgIpc) is 2.80. The minimum atomic E-state index is -0.378. The molecule has 6 heteroatoms. The van der Waals surface area contributed by atoms with Gasteiger partial charge in [-0.25, -0.2) is 4.79 Å². The average molecular weight is 438 g/mol. The molecular weight excluding hydrogens is 406 g/mol. The van der Waals surface area contributed by atoms with E-state index in [1.165, 1.54) is 0 Å². The van der Waals surface area contributed by atoms with Crippen molar-refractivity contribution in [2.45, 2.75) is 52.4 Å². The topological polar surface area (TPSA) is 78.6 Å². The monoisotopic (exact) mass is 437 g/mol. The molecule has 32 heavy (non-hydrogen) atoms. The van der Waals surface area contributed by atoms with E-state index in [1.54, 1.807) is 12.4 Å². The summed E-state index contributed by atoms with van der Waals surface area (Å²) in [5, 5.41) is 0.839. The summed E-state index contributed by atoms with van der Waals surface area (Å²) in [7, 11) is 0. The first-order chi connectivity index (χ1) is 15.5. The van der Waals surface area contributed by atoms with E-state index in [0.717, 1.165) is 55.2 Å². The molecule has 0 atom stereocenters. The molecule has 0 fully saturated rings. The number of carbonyl (C=O) groups excluding carboxylic acids is 1. The summed E-state index contributed by atoms with van der Waals surface area (Å²) in [6, 6.07) is 11.2. The molecule has 2 aromatic heterocycles. The zero-order valence-corrected chi connectivity index (χ0v) is 18.8. The van der Waals surface area contributed by atoms with E-state index in [9.17, 15) is 9.59 Å². The number of aromatic nitrogens is 1. The molecular formula is C26H31NO5. The SMILES string of the molecule is CC(C)C(=O)OCCCCCCCCOc1ccc(-c2cc3ccncc3oc2=O)cc1. The molecule has 0 bridgehead atoms. The Balaban J connectivity index is 1.34. The van der Waals surface area contributed by atoms with Gasteiger partial charge in [0.2, 0.25) is 0 Å². The molecule has 6 nitrogen and oxygen atoms in total. The van der Waals surface area contributed by atoms with Crippen molar-refractivity contribution in [3.63, 3.8) is 0 Å². The third-order valence-electron chi connectivity index (χ3n) is 5.23. The van der Waals surface area contributed by atoms with Crippen molar-refractivity contribution in [2.24, 2.45) is 5.92 Å². The fraction of sp³-hybridized carbons (Fsp3) is 0.423. The van der Waals surface area contributed by atoms with Crippen molar-refractivity contribution in [3.8, 4) is 16.9 Å². The first-order valence-corrected chi connectivity index (χ1v) is 11.3. The van der Waals surface area contributed by atoms with Crippen LogP contribution in [0.4, 0.5) is 0 Å². The summed E-state index contributed by atoms with van der Waals surface area (Å²) in [4.78, 5) is 27.6. The quantitative estimate of drug-likeness (QED) is 0.264. The van der Waals surface area contributed by atoms with Gasteiger partial charge in [0.05, 0.1) is 30.9 Å². The van der Waals surface area contributed by atoms with Crippen LogP contribution >= 0.6 is 0 Å². The zero-order chi connectivity index (χ0) is 22.8. The number of carbonyl (C=O) groups is 1. The molecule has 2 heterocycles. The van der Waals surface area contributed by atoms with E-state index in [0.29, 0.717) is 24.4 Å². The molecule has 0 aliphatic heterocycles. The summed E-state index contributed by atoms with van der Waals surface area (Å²) >= 11 is 0. The highest BCUT2D eigenvalue weighted by atomic mass is 16.5. The molecule has 170 valence electrons. The Labute approximate surface area is 188 Å². The number of ether oxygens (including phenoxy) is 2. The van der Waals surface area contributed by atoms with Gasteiger partial charge in [-0.05, 0) is 42.7 Å². The maximum Gasteiger partial charge on any atom is 0.344 e. The third kappa shape index (κ3) is 6.94. The lowest BCUT2D eigenvalue weighted by molar-refractivity contribution is -0.147. The van der Waals surface area contributed by atoms with Crippen molar-refractivity contribution in [2.75, 3.05) is 13.2 Å². The standard InChI is InChI=1S/C26H31NO5/c1-19(2)25(28)31-16-8-6-4-3-5-7-15-30-22-11-9-20(10-12-22)23-17-21-13-14-27-18-24(21)32-26(23)29/h9-14,17-19H,3-8,15-16H2,1-2H3. The molecule has 0 unspecified atom stereocenters. The van der Waals surface area contributed by atoms with Gasteiger partial charge in [0.15, 0.2) is 5.58 Å². The van der Waals surface area contributed by atoms with Crippen molar-refractivity contribution >= 4 is 16.9 Å². The fourth-order valence-corrected chi connectivity index (χ4v) is 3.34. The predicted molar refractivity (Wildman–Crippen MR) is 125 cm³/mol. The van der Waals surface area contributed by atoms with Gasteiger partial charge < -0.3 is 13.9 Å². The van der Waals surface area contributed by atoms with E-state index < -0.39 is 0 Å².